The lowest BCUT2D eigenvalue weighted by molar-refractivity contribution is -0.124. The zero-order valence-electron chi connectivity index (χ0n) is 72.8. The smallest absolute Gasteiger partial charge is 0.261 e. The van der Waals surface area contributed by atoms with Crippen LogP contribution in [0.1, 0.15) is 288 Å². The van der Waals surface area contributed by atoms with Crippen LogP contribution in [0.5, 0.6) is 0 Å². The fourth-order valence-corrected chi connectivity index (χ4v) is 28.8. The van der Waals surface area contributed by atoms with E-state index in [1.807, 2.05) is 87.6 Å². The number of amides is 4. The maximum atomic E-state index is 15.7. The zero-order valence-corrected chi connectivity index (χ0v) is 81.0. The minimum atomic E-state index is -0.0220. The van der Waals surface area contributed by atoms with Crippen LogP contribution in [0, 0.1) is 23.7 Å². The Morgan fingerprint density at radius 2 is 0.383 bits per heavy atom. The summed E-state index contributed by atoms with van der Waals surface area (Å²) in [5, 5.41) is 0. The predicted molar refractivity (Wildman–Crippen MR) is 526 cm³/mol. The lowest BCUT2D eigenvalue weighted by Gasteiger charge is -2.29. The molecule has 8 nitrogen and oxygen atoms in total. The van der Waals surface area contributed by atoms with Gasteiger partial charge in [0.1, 0.15) is 0 Å². The molecule has 0 fully saturated rings. The van der Waals surface area contributed by atoms with Gasteiger partial charge in [0.05, 0.1) is 64.6 Å². The van der Waals surface area contributed by atoms with Crippen LogP contribution in [-0.2, 0) is 44.9 Å². The second-order valence-corrected chi connectivity index (χ2v) is 45.0. The minimum absolute atomic E-state index is 0.0220. The number of hydrogen-bond donors (Lipinski definition) is 0. The summed E-state index contributed by atoms with van der Waals surface area (Å²) in [6.45, 7) is 25.0. The van der Waals surface area contributed by atoms with Gasteiger partial charge in [0, 0.05) is 104 Å². The molecule has 0 saturated heterocycles. The lowest BCUT2D eigenvalue weighted by atomic mass is 9.98. The SMILES string of the molecule is CCCCCCc1ccc(-c2ccc(-c3ccc(C4=C5C(=O)N(CC(CC)CCCC)C(c6ccc(-c7ccc(CCCCCCc8ccc(-c9ccc(C%10=C%11C(=O)N(CC(CC)CCCC)C(c%12ccc(-c%13ccc(-c%14ccc(CCCCCC)s%14)s%13)s%12)=C%11C(=O)N%10CC(CC)CCCC)s9)s8)s7)s6)=C5C(=O)N4CC(CC)CCCC)s3)s2)s1. The van der Waals surface area contributed by atoms with Crippen LogP contribution >= 0.6 is 113 Å². The van der Waals surface area contributed by atoms with E-state index in [0.717, 1.165) is 196 Å². The highest BCUT2D eigenvalue weighted by atomic mass is 32.1. The van der Waals surface area contributed by atoms with Crippen LogP contribution in [0.25, 0.3) is 81.3 Å². The average molecular weight is 1790 g/mol. The molecule has 14 rings (SSSR count). The van der Waals surface area contributed by atoms with Crippen molar-refractivity contribution in [1.29, 1.82) is 0 Å². The van der Waals surface area contributed by atoms with Gasteiger partial charge in [-0.3, -0.25) is 19.2 Å². The Morgan fingerprint density at radius 1 is 0.208 bits per heavy atom. The standard InChI is InChI=1S/C102H126N4O4S10/c1-11-21-27-31-39-71-43-47-75(111-71)79-51-53-83(115-79)85-57-61-89(119-85)97-93-91(99(107)105(97)65-69(19-9)37-25-15-5)95(103(101(93)109)63-67(17-7)35-23-13-3)87-59-55-81(117-87)77-49-45-73(113-77)41-33-29-30-34-42-74-46-50-78(114-74)82-56-60-88(118-82)96-92-94(102(110)104(96)64-68(18-8)36-24-14-4)98(106(100(92)108)66-70(20-10)38-26-16-6)90-62-58-86(120-90)84-54-52-80(116-84)76-48-44-72(112-76)40-32-28-22-12-2/h43-62,67-70H,11-42,63-66H2,1-10H3. The molecular formula is C102H126N4O4S10. The summed E-state index contributed by atoms with van der Waals surface area (Å²) >= 11 is 18.2. The molecule has 4 amide bonds. The van der Waals surface area contributed by atoms with E-state index in [1.54, 1.807) is 45.3 Å². The van der Waals surface area contributed by atoms with Crippen molar-refractivity contribution in [2.75, 3.05) is 26.2 Å². The van der Waals surface area contributed by atoms with Crippen molar-refractivity contribution in [3.8, 4) is 58.5 Å². The Kier molecular flexibility index (Phi) is 32.8. The van der Waals surface area contributed by atoms with Gasteiger partial charge in [0.25, 0.3) is 23.6 Å². The topological polar surface area (TPSA) is 81.2 Å². The first-order valence-corrected chi connectivity index (χ1v) is 54.1. The van der Waals surface area contributed by atoms with Gasteiger partial charge in [0.2, 0.25) is 0 Å². The van der Waals surface area contributed by atoms with Gasteiger partial charge in [-0.15, -0.1) is 113 Å². The van der Waals surface area contributed by atoms with Gasteiger partial charge >= 0.3 is 0 Å². The number of aryl methyl sites for hydroxylation is 4. The molecule has 0 aromatic carbocycles. The Bertz CT molecular complexity index is 4900. The van der Waals surface area contributed by atoms with Crippen molar-refractivity contribution in [2.24, 2.45) is 23.7 Å². The van der Waals surface area contributed by atoms with Crippen LogP contribution in [0.3, 0.4) is 0 Å². The molecule has 10 aromatic rings. The lowest BCUT2D eigenvalue weighted by Crippen LogP contribution is -2.34. The third kappa shape index (κ3) is 20.8. The largest absolute Gasteiger partial charge is 0.306 e. The molecule has 18 heteroatoms. The Balaban J connectivity index is 0.660. The molecule has 4 aliphatic rings. The number of carbonyl (C=O) groups is 4. The third-order valence-electron chi connectivity index (χ3n) is 25.1. The zero-order chi connectivity index (χ0) is 83.8. The van der Waals surface area contributed by atoms with Crippen LogP contribution < -0.4 is 0 Å². The second-order valence-electron chi connectivity index (χ2n) is 33.8. The van der Waals surface area contributed by atoms with E-state index in [1.165, 1.54) is 129 Å². The highest BCUT2D eigenvalue weighted by Crippen LogP contribution is 2.55. The highest BCUT2D eigenvalue weighted by molar-refractivity contribution is 7.28. The van der Waals surface area contributed by atoms with E-state index >= 15 is 19.2 Å². The highest BCUT2D eigenvalue weighted by Gasteiger charge is 2.52. The first-order chi connectivity index (χ1) is 58.7. The number of fused-ring (bicyclic) bond motifs is 2. The van der Waals surface area contributed by atoms with E-state index in [2.05, 4.69) is 191 Å². The van der Waals surface area contributed by atoms with E-state index in [-0.39, 0.29) is 23.6 Å². The molecule has 0 N–H and O–H groups in total. The summed E-state index contributed by atoms with van der Waals surface area (Å²) in [7, 11) is 0. The number of rotatable bonds is 51. The summed E-state index contributed by atoms with van der Waals surface area (Å²) < 4.78 is 0. The molecule has 0 radical (unpaired) electrons. The fraction of sp³-hybridized carbons (Fsp3) is 0.490. The molecule has 0 aliphatic carbocycles. The third-order valence-corrected chi connectivity index (χ3v) is 37.4. The van der Waals surface area contributed by atoms with Crippen LogP contribution in [0.4, 0.5) is 0 Å². The predicted octanol–water partition coefficient (Wildman–Crippen LogP) is 32.4. The van der Waals surface area contributed by atoms with Gasteiger partial charge in [-0.1, -0.05) is 198 Å². The summed E-state index contributed by atoms with van der Waals surface area (Å²) in [6, 6.07) is 45.2. The van der Waals surface area contributed by atoms with Crippen LogP contribution in [-0.4, -0.2) is 69.4 Å². The van der Waals surface area contributed by atoms with E-state index < -0.39 is 0 Å². The maximum absolute atomic E-state index is 15.7. The number of unbranched alkanes of at least 4 members (excludes halogenated alkanes) is 13. The maximum Gasteiger partial charge on any atom is 0.261 e. The average Bonchev–Trinajstić information content (AvgIpc) is 1.56. The van der Waals surface area contributed by atoms with Crippen molar-refractivity contribution in [3.63, 3.8) is 0 Å². The molecule has 4 aliphatic heterocycles. The molecule has 0 spiro atoms. The number of carbonyl (C=O) groups excluding carboxylic acids is 4. The van der Waals surface area contributed by atoms with E-state index in [9.17, 15) is 0 Å². The molecule has 4 atom stereocenters. The summed E-state index contributed by atoms with van der Waals surface area (Å²) in [6.07, 6.45) is 36.1. The number of thiophene rings is 10. The first kappa shape index (κ1) is 90.1. The fourth-order valence-electron chi connectivity index (χ4n) is 17.8. The Hall–Kier alpha value is -6.16. The molecule has 638 valence electrons. The molecule has 0 bridgehead atoms. The van der Waals surface area contributed by atoms with E-state index in [4.69, 9.17) is 0 Å². The first-order valence-electron chi connectivity index (χ1n) is 45.9. The molecular weight excluding hydrogens is 1670 g/mol. The van der Waals surface area contributed by atoms with Crippen molar-refractivity contribution in [3.05, 3.63) is 183 Å². The van der Waals surface area contributed by atoms with Gasteiger partial charge < -0.3 is 19.6 Å². The van der Waals surface area contributed by atoms with Crippen molar-refractivity contribution < 1.29 is 19.2 Å². The molecule has 0 saturated carbocycles. The van der Waals surface area contributed by atoms with Crippen molar-refractivity contribution in [1.82, 2.24) is 19.6 Å². The Labute approximate surface area is 757 Å². The number of nitrogens with zero attached hydrogens (tertiary/aromatic N) is 4. The quantitative estimate of drug-likeness (QED) is 0.0356. The Morgan fingerprint density at radius 3 is 0.583 bits per heavy atom. The minimum Gasteiger partial charge on any atom is -0.306 e. The number of hydrogen-bond acceptors (Lipinski definition) is 14. The van der Waals surface area contributed by atoms with Gasteiger partial charge in [-0.2, -0.15) is 0 Å². The normalized spacial score (nSPS) is 15.5. The van der Waals surface area contributed by atoms with Crippen LogP contribution in [0.2, 0.25) is 0 Å². The van der Waals surface area contributed by atoms with E-state index in [0.29, 0.717) is 72.1 Å². The summed E-state index contributed by atoms with van der Waals surface area (Å²) in [5.74, 6) is 1.20. The summed E-state index contributed by atoms with van der Waals surface area (Å²) in [4.78, 5) is 95.6. The molecule has 4 unspecified atom stereocenters. The van der Waals surface area contributed by atoms with Gasteiger partial charge in [-0.05, 0) is 222 Å². The molecule has 120 heavy (non-hydrogen) atoms. The van der Waals surface area contributed by atoms with Gasteiger partial charge in [-0.25, -0.2) is 0 Å². The monoisotopic (exact) mass is 1790 g/mol. The van der Waals surface area contributed by atoms with Crippen molar-refractivity contribution >= 4 is 160 Å². The van der Waals surface area contributed by atoms with Crippen molar-refractivity contribution in [2.45, 2.75) is 275 Å². The van der Waals surface area contributed by atoms with Gasteiger partial charge in [0.15, 0.2) is 0 Å². The molecule has 10 aromatic heterocycles. The van der Waals surface area contributed by atoms with Crippen LogP contribution in [0.15, 0.2) is 144 Å². The molecule has 14 heterocycles. The summed E-state index contributed by atoms with van der Waals surface area (Å²) in [5.41, 5.74) is 5.65. The second kappa shape index (κ2) is 43.6.